The highest BCUT2D eigenvalue weighted by Crippen LogP contribution is 2.21. The van der Waals surface area contributed by atoms with Crippen LogP contribution in [-0.2, 0) is 0 Å². The SMILES string of the molecule is O=c1ccn(-c2cccc(-c3ccncc3)c2)cc1O. The van der Waals surface area contributed by atoms with Crippen molar-refractivity contribution in [1.29, 1.82) is 0 Å². The molecular formula is C16H12N2O2. The van der Waals surface area contributed by atoms with E-state index in [-0.39, 0.29) is 11.2 Å². The minimum absolute atomic E-state index is 0.262. The van der Waals surface area contributed by atoms with E-state index in [9.17, 15) is 9.90 Å². The topological polar surface area (TPSA) is 55.1 Å². The summed E-state index contributed by atoms with van der Waals surface area (Å²) in [5.41, 5.74) is 2.59. The first-order valence-corrected chi connectivity index (χ1v) is 6.16. The fourth-order valence-corrected chi connectivity index (χ4v) is 2.02. The van der Waals surface area contributed by atoms with E-state index >= 15 is 0 Å². The molecule has 0 aliphatic rings. The molecule has 0 fully saturated rings. The summed E-state index contributed by atoms with van der Waals surface area (Å²) in [4.78, 5) is 15.2. The Morgan fingerprint density at radius 3 is 2.55 bits per heavy atom. The molecule has 1 aromatic carbocycles. The Morgan fingerprint density at radius 1 is 1.00 bits per heavy atom. The van der Waals surface area contributed by atoms with E-state index in [0.717, 1.165) is 16.8 Å². The number of hydrogen-bond donors (Lipinski definition) is 1. The summed E-state index contributed by atoms with van der Waals surface area (Å²) in [5.74, 6) is -0.262. The van der Waals surface area contributed by atoms with Crippen molar-refractivity contribution in [2.24, 2.45) is 0 Å². The van der Waals surface area contributed by atoms with Gasteiger partial charge in [-0.1, -0.05) is 12.1 Å². The van der Waals surface area contributed by atoms with E-state index in [4.69, 9.17) is 0 Å². The first-order valence-electron chi connectivity index (χ1n) is 6.16. The fourth-order valence-electron chi connectivity index (χ4n) is 2.02. The number of hydrogen-bond acceptors (Lipinski definition) is 3. The molecule has 2 heterocycles. The highest BCUT2D eigenvalue weighted by Gasteiger charge is 2.02. The summed E-state index contributed by atoms with van der Waals surface area (Å²) in [5, 5.41) is 9.51. The predicted molar refractivity (Wildman–Crippen MR) is 76.9 cm³/mol. The summed E-state index contributed by atoms with van der Waals surface area (Å²) in [6, 6.07) is 13.0. The monoisotopic (exact) mass is 264 g/mol. The van der Waals surface area contributed by atoms with Crippen LogP contribution in [0.3, 0.4) is 0 Å². The molecule has 3 aromatic rings. The molecule has 0 saturated heterocycles. The summed E-state index contributed by atoms with van der Waals surface area (Å²) in [7, 11) is 0. The second kappa shape index (κ2) is 5.01. The van der Waals surface area contributed by atoms with Gasteiger partial charge >= 0.3 is 0 Å². The minimum atomic E-state index is -0.383. The normalized spacial score (nSPS) is 10.4. The van der Waals surface area contributed by atoms with E-state index in [1.54, 1.807) is 23.2 Å². The van der Waals surface area contributed by atoms with Gasteiger partial charge in [0.15, 0.2) is 5.75 Å². The number of nitrogens with zero attached hydrogens (tertiary/aromatic N) is 2. The van der Waals surface area contributed by atoms with E-state index in [2.05, 4.69) is 4.98 Å². The molecule has 0 bridgehead atoms. The van der Waals surface area contributed by atoms with Gasteiger partial charge in [0.2, 0.25) is 5.43 Å². The maximum absolute atomic E-state index is 11.2. The standard InChI is InChI=1S/C16H12N2O2/c19-15-6-9-18(11-16(15)20)14-3-1-2-13(10-14)12-4-7-17-8-5-12/h1-11,20H. The molecule has 0 unspecified atom stereocenters. The second-order valence-electron chi connectivity index (χ2n) is 4.39. The largest absolute Gasteiger partial charge is 0.503 e. The summed E-state index contributed by atoms with van der Waals surface area (Å²) in [6.45, 7) is 0. The van der Waals surface area contributed by atoms with Gasteiger partial charge in [-0.2, -0.15) is 0 Å². The molecule has 3 rings (SSSR count). The van der Waals surface area contributed by atoms with Crippen LogP contribution in [0.2, 0.25) is 0 Å². The van der Waals surface area contributed by atoms with Crippen LogP contribution in [0.15, 0.2) is 72.0 Å². The van der Waals surface area contributed by atoms with Crippen molar-refractivity contribution >= 4 is 0 Å². The average Bonchev–Trinajstić information content (AvgIpc) is 2.51. The Bertz CT molecular complexity index is 795. The lowest BCUT2D eigenvalue weighted by atomic mass is 10.1. The summed E-state index contributed by atoms with van der Waals surface area (Å²) < 4.78 is 1.71. The molecular weight excluding hydrogens is 252 g/mol. The third kappa shape index (κ3) is 2.31. The Kier molecular flexibility index (Phi) is 3.05. The molecule has 0 aliphatic carbocycles. The van der Waals surface area contributed by atoms with Gasteiger partial charge in [0, 0.05) is 30.3 Å². The molecule has 0 saturated carbocycles. The quantitative estimate of drug-likeness (QED) is 0.774. The zero-order chi connectivity index (χ0) is 13.9. The van der Waals surface area contributed by atoms with E-state index in [1.807, 2.05) is 36.4 Å². The summed E-state index contributed by atoms with van der Waals surface area (Å²) >= 11 is 0. The van der Waals surface area contributed by atoms with Crippen molar-refractivity contribution in [2.45, 2.75) is 0 Å². The first-order chi connectivity index (χ1) is 9.74. The molecule has 1 N–H and O–H groups in total. The molecule has 4 heteroatoms. The lowest BCUT2D eigenvalue weighted by Gasteiger charge is -2.09. The maximum Gasteiger partial charge on any atom is 0.223 e. The zero-order valence-electron chi connectivity index (χ0n) is 10.6. The Hall–Kier alpha value is -2.88. The van der Waals surface area contributed by atoms with Crippen LogP contribution < -0.4 is 5.43 Å². The lowest BCUT2D eigenvalue weighted by Crippen LogP contribution is -2.03. The number of aromatic nitrogens is 2. The fraction of sp³-hybridized carbons (Fsp3) is 0. The molecule has 0 spiro atoms. The van der Waals surface area contributed by atoms with Gasteiger partial charge in [-0.3, -0.25) is 9.78 Å². The zero-order valence-corrected chi connectivity index (χ0v) is 10.6. The number of rotatable bonds is 2. The van der Waals surface area contributed by atoms with Crippen LogP contribution >= 0.6 is 0 Å². The number of aromatic hydroxyl groups is 1. The summed E-state index contributed by atoms with van der Waals surface area (Å²) in [6.07, 6.45) is 6.53. The van der Waals surface area contributed by atoms with Crippen LogP contribution in [0.1, 0.15) is 0 Å². The smallest absolute Gasteiger partial charge is 0.223 e. The molecule has 0 radical (unpaired) electrons. The molecule has 4 nitrogen and oxygen atoms in total. The minimum Gasteiger partial charge on any atom is -0.503 e. The van der Waals surface area contributed by atoms with Crippen LogP contribution in [0.5, 0.6) is 5.75 Å². The van der Waals surface area contributed by atoms with Crippen molar-refractivity contribution in [1.82, 2.24) is 9.55 Å². The Labute approximate surface area is 115 Å². The lowest BCUT2D eigenvalue weighted by molar-refractivity contribution is 0.465. The van der Waals surface area contributed by atoms with Gasteiger partial charge in [-0.25, -0.2) is 0 Å². The van der Waals surface area contributed by atoms with E-state index in [1.165, 1.54) is 12.3 Å². The van der Waals surface area contributed by atoms with Crippen molar-refractivity contribution < 1.29 is 5.11 Å². The van der Waals surface area contributed by atoms with Crippen molar-refractivity contribution in [2.75, 3.05) is 0 Å². The van der Waals surface area contributed by atoms with E-state index < -0.39 is 0 Å². The van der Waals surface area contributed by atoms with Crippen LogP contribution in [0.25, 0.3) is 16.8 Å². The molecule has 98 valence electrons. The third-order valence-electron chi connectivity index (χ3n) is 3.06. The molecule has 0 atom stereocenters. The van der Waals surface area contributed by atoms with Gasteiger partial charge in [0.1, 0.15) is 0 Å². The maximum atomic E-state index is 11.2. The van der Waals surface area contributed by atoms with Crippen LogP contribution in [-0.4, -0.2) is 14.7 Å². The van der Waals surface area contributed by atoms with Crippen molar-refractivity contribution in [3.63, 3.8) is 0 Å². The van der Waals surface area contributed by atoms with Gasteiger partial charge in [-0.05, 0) is 35.4 Å². The van der Waals surface area contributed by atoms with Gasteiger partial charge < -0.3 is 9.67 Å². The Morgan fingerprint density at radius 2 is 1.80 bits per heavy atom. The molecule has 20 heavy (non-hydrogen) atoms. The first kappa shape index (κ1) is 12.2. The second-order valence-corrected chi connectivity index (χ2v) is 4.39. The van der Waals surface area contributed by atoms with Gasteiger partial charge in [0.25, 0.3) is 0 Å². The van der Waals surface area contributed by atoms with Crippen LogP contribution in [0, 0.1) is 0 Å². The van der Waals surface area contributed by atoms with Gasteiger partial charge in [-0.15, -0.1) is 0 Å². The molecule has 0 aliphatic heterocycles. The average molecular weight is 264 g/mol. The third-order valence-corrected chi connectivity index (χ3v) is 3.06. The highest BCUT2D eigenvalue weighted by molar-refractivity contribution is 5.65. The Balaban J connectivity index is 2.07. The number of pyridine rings is 2. The number of benzene rings is 1. The van der Waals surface area contributed by atoms with E-state index in [0.29, 0.717) is 0 Å². The predicted octanol–water partition coefficient (Wildman–Crippen LogP) is 2.61. The molecule has 2 aromatic heterocycles. The van der Waals surface area contributed by atoms with Crippen molar-refractivity contribution in [3.05, 3.63) is 77.5 Å². The molecule has 0 amide bonds. The van der Waals surface area contributed by atoms with Crippen molar-refractivity contribution in [3.8, 4) is 22.6 Å². The highest BCUT2D eigenvalue weighted by atomic mass is 16.3. The van der Waals surface area contributed by atoms with Gasteiger partial charge in [0.05, 0.1) is 6.20 Å². The van der Waals surface area contributed by atoms with Crippen LogP contribution in [0.4, 0.5) is 0 Å².